The molecule has 1 aliphatic carbocycles. The molecule has 2 aliphatic rings. The Morgan fingerprint density at radius 1 is 1.09 bits per heavy atom. The van der Waals surface area contributed by atoms with Crippen LogP contribution < -0.4 is 14.8 Å². The quantitative estimate of drug-likeness (QED) is 0.644. The van der Waals surface area contributed by atoms with Gasteiger partial charge in [0.2, 0.25) is 11.8 Å². The van der Waals surface area contributed by atoms with Gasteiger partial charge in [-0.25, -0.2) is 0 Å². The Labute approximate surface area is 193 Å². The molecular formula is C24H28ClN3O4. The summed E-state index contributed by atoms with van der Waals surface area (Å²) in [6, 6.07) is 10.2. The van der Waals surface area contributed by atoms with Crippen LogP contribution in [0.1, 0.15) is 43.7 Å². The van der Waals surface area contributed by atoms with E-state index in [2.05, 4.69) is 10.3 Å². The summed E-state index contributed by atoms with van der Waals surface area (Å²) in [4.78, 5) is 32.0. The van der Waals surface area contributed by atoms with E-state index in [0.717, 1.165) is 25.7 Å². The largest absolute Gasteiger partial charge is 0.486 e. The highest BCUT2D eigenvalue weighted by molar-refractivity contribution is 6.27. The lowest BCUT2D eigenvalue weighted by molar-refractivity contribution is -0.141. The van der Waals surface area contributed by atoms with Crippen molar-refractivity contribution >= 4 is 23.4 Å². The number of halogens is 1. The van der Waals surface area contributed by atoms with Crippen LogP contribution in [-0.2, 0) is 9.59 Å². The van der Waals surface area contributed by atoms with Gasteiger partial charge in [0.15, 0.2) is 17.6 Å². The van der Waals surface area contributed by atoms with Crippen LogP contribution in [0.2, 0.25) is 0 Å². The topological polar surface area (TPSA) is 80.8 Å². The van der Waals surface area contributed by atoms with Crippen LogP contribution >= 0.6 is 11.6 Å². The molecule has 0 bridgehead atoms. The molecule has 4 rings (SSSR count). The Bertz CT molecular complexity index is 920. The van der Waals surface area contributed by atoms with Gasteiger partial charge in [-0.1, -0.05) is 31.4 Å². The number of ether oxygens (including phenoxy) is 2. The number of rotatable bonds is 7. The second-order valence-electron chi connectivity index (χ2n) is 8.20. The van der Waals surface area contributed by atoms with Crippen LogP contribution in [0.5, 0.6) is 11.5 Å². The number of carbonyl (C=O) groups excluding carboxylic acids is 2. The molecule has 0 spiro atoms. The average molecular weight is 458 g/mol. The summed E-state index contributed by atoms with van der Waals surface area (Å²) in [5.74, 6) is 0.505. The molecule has 0 saturated heterocycles. The molecule has 0 unspecified atom stereocenters. The molecule has 2 heterocycles. The molecule has 32 heavy (non-hydrogen) atoms. The molecule has 2 amide bonds. The molecule has 2 atom stereocenters. The van der Waals surface area contributed by atoms with Crippen molar-refractivity contribution in [2.45, 2.75) is 50.3 Å². The Morgan fingerprint density at radius 3 is 2.53 bits per heavy atom. The highest BCUT2D eigenvalue weighted by Gasteiger charge is 2.35. The zero-order chi connectivity index (χ0) is 22.3. The smallest absolute Gasteiger partial charge is 0.247 e. The third-order valence-electron chi connectivity index (χ3n) is 5.94. The molecule has 1 aromatic carbocycles. The fraction of sp³-hybridized carbons (Fsp3) is 0.458. The molecule has 2 aromatic rings. The first-order chi connectivity index (χ1) is 15.7. The number of nitrogens with zero attached hydrogens (tertiary/aromatic N) is 2. The normalized spacial score (nSPS) is 19.1. The Hall–Kier alpha value is -2.80. The summed E-state index contributed by atoms with van der Waals surface area (Å²) in [6.07, 6.45) is 8.11. The molecular weight excluding hydrogens is 430 g/mol. The number of amides is 2. The lowest BCUT2D eigenvalue weighted by Gasteiger charge is -2.36. The maximum absolute atomic E-state index is 13.5. The molecule has 1 fully saturated rings. The lowest BCUT2D eigenvalue weighted by Crippen LogP contribution is -2.51. The summed E-state index contributed by atoms with van der Waals surface area (Å²) < 4.78 is 11.9. The van der Waals surface area contributed by atoms with Crippen LogP contribution in [0.4, 0.5) is 0 Å². The van der Waals surface area contributed by atoms with Crippen LogP contribution in [0.15, 0.2) is 48.8 Å². The summed E-state index contributed by atoms with van der Waals surface area (Å²) >= 11 is 5.97. The van der Waals surface area contributed by atoms with Crippen LogP contribution in [0.25, 0.3) is 0 Å². The van der Waals surface area contributed by atoms with Gasteiger partial charge < -0.3 is 19.7 Å². The monoisotopic (exact) mass is 457 g/mol. The van der Waals surface area contributed by atoms with Crippen LogP contribution in [0.3, 0.4) is 0 Å². The number of carbonyl (C=O) groups is 2. The Balaban J connectivity index is 1.57. The Kier molecular flexibility index (Phi) is 7.47. The number of aromatic nitrogens is 1. The third kappa shape index (κ3) is 5.33. The van der Waals surface area contributed by atoms with Crippen molar-refractivity contribution in [2.75, 3.05) is 19.0 Å². The van der Waals surface area contributed by atoms with Gasteiger partial charge in [-0.2, -0.15) is 0 Å². The van der Waals surface area contributed by atoms with Crippen LogP contribution in [0, 0.1) is 0 Å². The van der Waals surface area contributed by atoms with Gasteiger partial charge in [-0.15, -0.1) is 11.6 Å². The van der Waals surface area contributed by atoms with Gasteiger partial charge in [0.1, 0.15) is 18.5 Å². The zero-order valence-electron chi connectivity index (χ0n) is 17.9. The molecule has 7 nitrogen and oxygen atoms in total. The van der Waals surface area contributed by atoms with Crippen molar-refractivity contribution < 1.29 is 19.1 Å². The van der Waals surface area contributed by atoms with Crippen molar-refractivity contribution in [2.24, 2.45) is 0 Å². The van der Waals surface area contributed by atoms with Gasteiger partial charge >= 0.3 is 0 Å². The highest BCUT2D eigenvalue weighted by atomic mass is 35.5. The van der Waals surface area contributed by atoms with Crippen LogP contribution in [-0.4, -0.2) is 52.9 Å². The van der Waals surface area contributed by atoms with E-state index in [0.29, 0.717) is 17.1 Å². The number of fused-ring (bicyclic) bond motifs is 1. The second kappa shape index (κ2) is 10.7. The summed E-state index contributed by atoms with van der Waals surface area (Å²) in [6.45, 7) is 0.446. The molecule has 1 N–H and O–H groups in total. The van der Waals surface area contributed by atoms with E-state index in [1.54, 1.807) is 24.5 Å². The second-order valence-corrected chi connectivity index (χ2v) is 8.47. The van der Waals surface area contributed by atoms with Gasteiger partial charge in [0, 0.05) is 18.4 Å². The summed E-state index contributed by atoms with van der Waals surface area (Å²) in [5, 5.41) is 3.16. The highest BCUT2D eigenvalue weighted by Crippen LogP contribution is 2.32. The van der Waals surface area contributed by atoms with E-state index in [4.69, 9.17) is 21.1 Å². The van der Waals surface area contributed by atoms with E-state index in [9.17, 15) is 9.59 Å². The number of hydrogen-bond acceptors (Lipinski definition) is 5. The average Bonchev–Trinajstić information content (AvgIpc) is 2.84. The minimum Gasteiger partial charge on any atom is -0.486 e. The van der Waals surface area contributed by atoms with E-state index < -0.39 is 12.1 Å². The number of hydrogen-bond donors (Lipinski definition) is 1. The van der Waals surface area contributed by atoms with E-state index in [1.165, 1.54) is 11.3 Å². The predicted molar refractivity (Wildman–Crippen MR) is 121 cm³/mol. The van der Waals surface area contributed by atoms with Crippen molar-refractivity contribution in [1.29, 1.82) is 0 Å². The maximum atomic E-state index is 13.5. The Morgan fingerprint density at radius 2 is 1.81 bits per heavy atom. The maximum Gasteiger partial charge on any atom is 0.247 e. The number of nitrogens with one attached hydrogen (secondary N) is 1. The van der Waals surface area contributed by atoms with E-state index >= 15 is 0 Å². The number of alkyl halides is 1. The minimum atomic E-state index is -0.827. The van der Waals surface area contributed by atoms with Gasteiger partial charge in [-0.05, 0) is 42.7 Å². The SMILES string of the molecule is O=C(NC1CCCCC1)[C@H](c1ccncc1)N(C[C@@H]1COc2ccccc2O1)C(=O)CCl. The number of benzene rings is 1. The van der Waals surface area contributed by atoms with Crippen molar-refractivity contribution in [3.8, 4) is 11.5 Å². The molecule has 8 heteroatoms. The van der Waals surface area contributed by atoms with Crippen molar-refractivity contribution in [3.63, 3.8) is 0 Å². The molecule has 1 aromatic heterocycles. The lowest BCUT2D eigenvalue weighted by atomic mass is 9.94. The number of pyridine rings is 1. The predicted octanol–water partition coefficient (Wildman–Crippen LogP) is 3.48. The molecule has 0 radical (unpaired) electrons. The third-order valence-corrected chi connectivity index (χ3v) is 6.16. The summed E-state index contributed by atoms with van der Waals surface area (Å²) in [5.41, 5.74) is 0.684. The molecule has 1 aliphatic heterocycles. The number of para-hydroxylation sites is 2. The van der Waals surface area contributed by atoms with Crippen molar-refractivity contribution in [3.05, 3.63) is 54.4 Å². The molecule has 1 saturated carbocycles. The first-order valence-corrected chi connectivity index (χ1v) is 11.6. The minimum absolute atomic E-state index is 0.120. The van der Waals surface area contributed by atoms with Crippen molar-refractivity contribution in [1.82, 2.24) is 15.2 Å². The molecule has 170 valence electrons. The summed E-state index contributed by atoms with van der Waals surface area (Å²) in [7, 11) is 0. The zero-order valence-corrected chi connectivity index (χ0v) is 18.7. The van der Waals surface area contributed by atoms with Gasteiger partial charge in [-0.3, -0.25) is 14.6 Å². The van der Waals surface area contributed by atoms with E-state index in [1.807, 2.05) is 24.3 Å². The van der Waals surface area contributed by atoms with Gasteiger partial charge in [0.05, 0.1) is 6.54 Å². The first-order valence-electron chi connectivity index (χ1n) is 11.1. The standard InChI is InChI=1S/C24H28ClN3O4/c25-14-22(29)28(15-19-16-31-20-8-4-5-9-21(20)32-19)23(17-10-12-26-13-11-17)24(30)27-18-6-2-1-3-7-18/h4-5,8-13,18-19,23H,1-3,6-7,14-16H2,(H,27,30)/t19-,23+/m1/s1. The van der Waals surface area contributed by atoms with E-state index in [-0.39, 0.29) is 36.9 Å². The fourth-order valence-electron chi connectivity index (χ4n) is 4.35. The van der Waals surface area contributed by atoms with Gasteiger partial charge in [0.25, 0.3) is 0 Å². The first kappa shape index (κ1) is 22.4. The fourth-order valence-corrected chi connectivity index (χ4v) is 4.50.